The molecule has 5 N–H and O–H groups in total. The molecule has 1 aliphatic heterocycles. The molecule has 184 valence electrons. The molecule has 1 aliphatic rings. The van der Waals surface area contributed by atoms with Gasteiger partial charge in [0.15, 0.2) is 17.0 Å². The van der Waals surface area contributed by atoms with Crippen LogP contribution < -0.4 is 21.7 Å². The topological polar surface area (TPSA) is 156 Å². The van der Waals surface area contributed by atoms with Gasteiger partial charge in [-0.25, -0.2) is 9.78 Å². The number of anilines is 1. The van der Waals surface area contributed by atoms with Gasteiger partial charge in [-0.05, 0) is 39.7 Å². The van der Waals surface area contributed by atoms with E-state index >= 15 is 0 Å². The zero-order chi connectivity index (χ0) is 25.5. The van der Waals surface area contributed by atoms with Crippen LogP contribution in [0.2, 0.25) is 0 Å². The van der Waals surface area contributed by atoms with Crippen LogP contribution in [-0.2, 0) is 16.8 Å². The molecule has 2 atom stereocenters. The minimum Gasteiger partial charge on any atom is -0.383 e. The number of hydrogen-bond donors (Lipinski definition) is 4. The third-order valence-electron chi connectivity index (χ3n) is 6.17. The average Bonchev–Trinajstić information content (AvgIpc) is 3.32. The maximum Gasteiger partial charge on any atom is 0.322 e. The van der Waals surface area contributed by atoms with Gasteiger partial charge in [-0.2, -0.15) is 9.61 Å². The van der Waals surface area contributed by atoms with Crippen LogP contribution in [0.15, 0.2) is 24.5 Å². The number of nitrogens with zero attached hydrogens (tertiary/aromatic N) is 4. The predicted octanol–water partition coefficient (Wildman–Crippen LogP) is 1.95. The van der Waals surface area contributed by atoms with Crippen LogP contribution >= 0.6 is 0 Å². The van der Waals surface area contributed by atoms with Crippen molar-refractivity contribution in [3.63, 3.8) is 0 Å². The first kappa shape index (κ1) is 24.3. The molecule has 1 unspecified atom stereocenters. The molecule has 1 saturated heterocycles. The molecule has 4 heterocycles. The number of nitrogens with two attached hydrogens (primary N) is 1. The number of ketones is 1. The Morgan fingerprint density at radius 2 is 1.97 bits per heavy atom. The molecule has 0 radical (unpaired) electrons. The smallest absolute Gasteiger partial charge is 0.322 e. The number of nitrogens with one attached hydrogen (secondary N) is 3. The molecule has 1 fully saturated rings. The summed E-state index contributed by atoms with van der Waals surface area (Å²) in [6.45, 7) is 9.35. The zero-order valence-electron chi connectivity index (χ0n) is 20.5. The number of rotatable bonds is 8. The number of carbonyl (C=O) groups is 3. The van der Waals surface area contributed by atoms with Gasteiger partial charge in [-0.3, -0.25) is 19.9 Å². The van der Waals surface area contributed by atoms with Crippen LogP contribution in [0.5, 0.6) is 0 Å². The third-order valence-corrected chi connectivity index (χ3v) is 6.17. The lowest BCUT2D eigenvalue weighted by Crippen LogP contribution is -2.41. The molecule has 11 nitrogen and oxygen atoms in total. The minimum absolute atomic E-state index is 0.162. The number of urea groups is 1. The number of fused-ring (bicyclic) bond motifs is 1. The van der Waals surface area contributed by atoms with E-state index in [1.54, 1.807) is 31.5 Å². The van der Waals surface area contributed by atoms with E-state index in [2.05, 4.69) is 46.8 Å². The maximum absolute atomic E-state index is 12.4. The Labute approximate surface area is 202 Å². The van der Waals surface area contributed by atoms with Gasteiger partial charge in [0.2, 0.25) is 0 Å². The van der Waals surface area contributed by atoms with E-state index < -0.39 is 17.5 Å². The number of carbonyl (C=O) groups excluding carboxylic acids is 3. The van der Waals surface area contributed by atoms with Gasteiger partial charge >= 0.3 is 6.03 Å². The van der Waals surface area contributed by atoms with Crippen molar-refractivity contribution in [2.75, 3.05) is 5.73 Å². The normalized spacial score (nSPS) is 18.7. The summed E-state index contributed by atoms with van der Waals surface area (Å²) in [7, 11) is 0. The summed E-state index contributed by atoms with van der Waals surface area (Å²) in [4.78, 5) is 45.5. The number of pyridine rings is 1. The molecule has 35 heavy (non-hydrogen) atoms. The van der Waals surface area contributed by atoms with Crippen molar-refractivity contribution in [1.29, 1.82) is 0 Å². The van der Waals surface area contributed by atoms with Crippen molar-refractivity contribution >= 4 is 29.2 Å². The Hall–Kier alpha value is -3.86. The fourth-order valence-corrected chi connectivity index (χ4v) is 4.41. The average molecular weight is 479 g/mol. The molecule has 0 saturated carbocycles. The molecular formula is C24H30N8O3. The number of aryl methyl sites for hydroxylation is 1. The Bertz CT molecular complexity index is 1310. The number of amides is 3. The highest BCUT2D eigenvalue weighted by atomic mass is 16.2. The second kappa shape index (κ2) is 9.06. The first-order valence-corrected chi connectivity index (χ1v) is 11.5. The van der Waals surface area contributed by atoms with Crippen molar-refractivity contribution in [2.45, 2.75) is 65.1 Å². The third kappa shape index (κ3) is 4.46. The Morgan fingerprint density at radius 1 is 1.23 bits per heavy atom. The zero-order valence-corrected chi connectivity index (χ0v) is 20.5. The number of aromatic nitrogens is 4. The molecule has 3 aromatic rings. The van der Waals surface area contributed by atoms with Crippen molar-refractivity contribution < 1.29 is 14.4 Å². The molecule has 3 aromatic heterocycles. The number of Topliss-reactive ketones (excluding diaryl/α,β-unsaturated/α-hetero) is 1. The quantitative estimate of drug-likeness (QED) is 0.283. The van der Waals surface area contributed by atoms with Gasteiger partial charge in [0.1, 0.15) is 5.82 Å². The van der Waals surface area contributed by atoms with Crippen LogP contribution in [0.3, 0.4) is 0 Å². The second-order valence-corrected chi connectivity index (χ2v) is 9.40. The fraction of sp³-hybridized carbons (Fsp3) is 0.417. The van der Waals surface area contributed by atoms with E-state index in [1.165, 1.54) is 11.4 Å². The molecule has 3 amide bonds. The highest BCUT2D eigenvalue weighted by Gasteiger charge is 2.44. The second-order valence-electron chi connectivity index (χ2n) is 9.40. The fourth-order valence-electron chi connectivity index (χ4n) is 4.41. The van der Waals surface area contributed by atoms with E-state index in [1.807, 2.05) is 0 Å². The van der Waals surface area contributed by atoms with E-state index in [4.69, 9.17) is 10.7 Å². The van der Waals surface area contributed by atoms with Crippen LogP contribution in [0.25, 0.3) is 16.8 Å². The van der Waals surface area contributed by atoms with Gasteiger partial charge in [0.05, 0.1) is 23.1 Å². The van der Waals surface area contributed by atoms with Gasteiger partial charge in [0, 0.05) is 29.4 Å². The van der Waals surface area contributed by atoms with E-state index in [-0.39, 0.29) is 17.6 Å². The first-order chi connectivity index (χ1) is 16.5. The molecule has 11 heteroatoms. The van der Waals surface area contributed by atoms with Crippen LogP contribution in [0.4, 0.5) is 10.6 Å². The van der Waals surface area contributed by atoms with E-state index in [0.717, 1.165) is 6.42 Å². The lowest BCUT2D eigenvalue weighted by molar-refractivity contribution is -0.123. The molecule has 4 rings (SSSR count). The lowest BCUT2D eigenvalue weighted by atomic mass is 9.96. The lowest BCUT2D eigenvalue weighted by Gasteiger charge is -2.19. The Kier molecular flexibility index (Phi) is 6.28. The SMILES string of the molecule is CC(=O)c1c(CC[C@@H](C)NC(C)C)nc2c(-c3ccc(C4(C)NC(=O)NC4=O)nc3)cnn2c1N. The first-order valence-electron chi connectivity index (χ1n) is 11.5. The Balaban J connectivity index is 1.71. The van der Waals surface area contributed by atoms with Crippen molar-refractivity contribution in [3.05, 3.63) is 41.5 Å². The van der Waals surface area contributed by atoms with Gasteiger partial charge in [-0.15, -0.1) is 0 Å². The van der Waals surface area contributed by atoms with E-state index in [9.17, 15) is 14.4 Å². The van der Waals surface area contributed by atoms with Gasteiger partial charge in [-0.1, -0.05) is 19.9 Å². The molecule has 0 aliphatic carbocycles. The largest absolute Gasteiger partial charge is 0.383 e. The summed E-state index contributed by atoms with van der Waals surface area (Å²) in [5.74, 6) is -0.379. The molecular weight excluding hydrogens is 448 g/mol. The van der Waals surface area contributed by atoms with Crippen LogP contribution in [-0.4, -0.2) is 49.4 Å². The van der Waals surface area contributed by atoms with Crippen molar-refractivity contribution in [3.8, 4) is 11.1 Å². The van der Waals surface area contributed by atoms with Crippen molar-refractivity contribution in [1.82, 2.24) is 35.5 Å². The summed E-state index contributed by atoms with van der Waals surface area (Å²) in [6, 6.07) is 3.49. The molecule has 0 spiro atoms. The van der Waals surface area contributed by atoms with Gasteiger partial charge in [0.25, 0.3) is 5.91 Å². The van der Waals surface area contributed by atoms with Gasteiger partial charge < -0.3 is 16.4 Å². The number of imide groups is 1. The highest BCUT2D eigenvalue weighted by Crippen LogP contribution is 2.29. The minimum atomic E-state index is -1.25. The summed E-state index contributed by atoms with van der Waals surface area (Å²) in [6.07, 6.45) is 4.58. The maximum atomic E-state index is 12.4. The molecule has 0 aromatic carbocycles. The summed E-state index contributed by atoms with van der Waals surface area (Å²) >= 11 is 0. The monoisotopic (exact) mass is 478 g/mol. The van der Waals surface area contributed by atoms with E-state index in [0.29, 0.717) is 46.2 Å². The highest BCUT2D eigenvalue weighted by molar-refractivity contribution is 6.07. The van der Waals surface area contributed by atoms with Crippen LogP contribution in [0.1, 0.15) is 62.8 Å². The predicted molar refractivity (Wildman–Crippen MR) is 131 cm³/mol. The number of hydrogen-bond acceptors (Lipinski definition) is 8. The summed E-state index contributed by atoms with van der Waals surface area (Å²) in [5.41, 5.74) is 8.45. The molecule has 0 bridgehead atoms. The van der Waals surface area contributed by atoms with Crippen molar-refractivity contribution in [2.24, 2.45) is 0 Å². The van der Waals surface area contributed by atoms with Crippen LogP contribution in [0, 0.1) is 0 Å². The number of nitrogen functional groups attached to an aromatic ring is 1. The summed E-state index contributed by atoms with van der Waals surface area (Å²) in [5, 5.41) is 12.7. The standard InChI is InChI=1S/C24H30N8O3/c1-12(2)28-13(3)6-8-17-19(14(4)33)20(25)32-21(29-17)16(11-27-32)15-7-9-18(26-10-15)24(5)22(34)30-23(35)31-24/h7,9-13,28H,6,8,25H2,1-5H3,(H2,30,31,34,35)/t13-,24?/m1/s1. The Morgan fingerprint density at radius 3 is 2.54 bits per heavy atom. The summed E-state index contributed by atoms with van der Waals surface area (Å²) < 4.78 is 1.46.